The number of nitrogens with zero attached hydrogens (tertiary/aromatic N) is 1. The second-order valence-electron chi connectivity index (χ2n) is 4.33. The molecular formula is C11H20N2O4S. The van der Waals surface area contributed by atoms with Crippen molar-refractivity contribution < 1.29 is 19.4 Å². The van der Waals surface area contributed by atoms with Gasteiger partial charge in [0.15, 0.2) is 0 Å². The van der Waals surface area contributed by atoms with Crippen molar-refractivity contribution in [3.63, 3.8) is 0 Å². The van der Waals surface area contributed by atoms with Gasteiger partial charge in [-0.3, -0.25) is 4.79 Å². The van der Waals surface area contributed by atoms with Crippen molar-refractivity contribution >= 4 is 23.6 Å². The third-order valence-corrected chi connectivity index (χ3v) is 3.76. The number of amides is 1. The zero-order chi connectivity index (χ0) is 13.7. The fraction of sp³-hybridized carbons (Fsp3) is 0.818. The summed E-state index contributed by atoms with van der Waals surface area (Å²) in [5.41, 5.74) is 5.79. The maximum atomic E-state index is 12.1. The number of likely N-dealkylation sites (tertiary alicyclic amines) is 1. The highest BCUT2D eigenvalue weighted by Crippen LogP contribution is 2.21. The van der Waals surface area contributed by atoms with Crippen molar-refractivity contribution in [1.82, 2.24) is 4.90 Å². The van der Waals surface area contributed by atoms with Gasteiger partial charge in [-0.1, -0.05) is 0 Å². The third-order valence-electron chi connectivity index (χ3n) is 3.11. The summed E-state index contributed by atoms with van der Waals surface area (Å²) in [4.78, 5) is 24.6. The zero-order valence-corrected chi connectivity index (χ0v) is 11.5. The van der Waals surface area contributed by atoms with Gasteiger partial charge in [0.2, 0.25) is 5.91 Å². The Balaban J connectivity index is 2.67. The molecule has 1 aliphatic heterocycles. The number of carbonyl (C=O) groups excluding carboxylic acids is 1. The summed E-state index contributed by atoms with van der Waals surface area (Å²) in [6, 6.07) is -1.45. The molecule has 3 atom stereocenters. The Hall–Kier alpha value is -0.790. The van der Waals surface area contributed by atoms with E-state index in [2.05, 4.69) is 0 Å². The van der Waals surface area contributed by atoms with Crippen molar-refractivity contribution in [3.8, 4) is 0 Å². The molecule has 2 unspecified atom stereocenters. The number of rotatable bonds is 6. The fourth-order valence-corrected chi connectivity index (χ4v) is 2.52. The van der Waals surface area contributed by atoms with Gasteiger partial charge in [-0.2, -0.15) is 11.8 Å². The Morgan fingerprint density at radius 2 is 2.28 bits per heavy atom. The smallest absolute Gasteiger partial charge is 0.326 e. The summed E-state index contributed by atoms with van der Waals surface area (Å²) in [5.74, 6) is -0.511. The molecule has 7 heteroatoms. The second-order valence-corrected chi connectivity index (χ2v) is 5.31. The largest absolute Gasteiger partial charge is 0.480 e. The van der Waals surface area contributed by atoms with Gasteiger partial charge in [0.1, 0.15) is 6.04 Å². The van der Waals surface area contributed by atoms with Crippen LogP contribution in [0.5, 0.6) is 0 Å². The summed E-state index contributed by atoms with van der Waals surface area (Å²) in [6.07, 6.45) is 2.60. The SMILES string of the molecule is COC1CC(C(=O)O)N(C(=O)[C@H](N)CCSC)C1. The van der Waals surface area contributed by atoms with Crippen LogP contribution < -0.4 is 5.73 Å². The number of ether oxygens (including phenoxy) is 1. The van der Waals surface area contributed by atoms with E-state index in [-0.39, 0.29) is 12.0 Å². The van der Waals surface area contributed by atoms with Gasteiger partial charge in [-0.25, -0.2) is 4.79 Å². The van der Waals surface area contributed by atoms with Crippen LogP contribution in [0.2, 0.25) is 0 Å². The van der Waals surface area contributed by atoms with E-state index in [1.165, 1.54) is 12.0 Å². The Morgan fingerprint density at radius 3 is 2.78 bits per heavy atom. The molecule has 0 aliphatic carbocycles. The van der Waals surface area contributed by atoms with Gasteiger partial charge in [0, 0.05) is 20.1 Å². The van der Waals surface area contributed by atoms with Crippen molar-refractivity contribution in [3.05, 3.63) is 0 Å². The Bertz CT molecular complexity index is 313. The first kappa shape index (κ1) is 15.3. The summed E-state index contributed by atoms with van der Waals surface area (Å²) >= 11 is 1.61. The molecule has 0 spiro atoms. The maximum absolute atomic E-state index is 12.1. The molecule has 1 saturated heterocycles. The van der Waals surface area contributed by atoms with E-state index in [1.807, 2.05) is 6.26 Å². The first-order chi connectivity index (χ1) is 8.51. The van der Waals surface area contributed by atoms with Gasteiger partial charge in [0.05, 0.1) is 12.1 Å². The van der Waals surface area contributed by atoms with Crippen LogP contribution in [0.1, 0.15) is 12.8 Å². The first-order valence-corrected chi connectivity index (χ1v) is 7.21. The lowest BCUT2D eigenvalue weighted by Gasteiger charge is -2.24. The highest BCUT2D eigenvalue weighted by Gasteiger charge is 2.41. The number of carbonyl (C=O) groups is 2. The predicted octanol–water partition coefficient (Wildman–Crippen LogP) is -0.233. The number of carboxylic acid groups (broad SMARTS) is 1. The van der Waals surface area contributed by atoms with Crippen LogP contribution >= 0.6 is 11.8 Å². The van der Waals surface area contributed by atoms with E-state index in [0.29, 0.717) is 19.4 Å². The minimum absolute atomic E-state index is 0.220. The van der Waals surface area contributed by atoms with E-state index in [9.17, 15) is 9.59 Å². The average Bonchev–Trinajstić information content (AvgIpc) is 2.79. The number of thioether (sulfide) groups is 1. The zero-order valence-electron chi connectivity index (χ0n) is 10.7. The van der Waals surface area contributed by atoms with Crippen LogP contribution in [0.3, 0.4) is 0 Å². The average molecular weight is 276 g/mol. The van der Waals surface area contributed by atoms with Crippen molar-refractivity contribution in [2.24, 2.45) is 5.73 Å². The molecule has 0 bridgehead atoms. The van der Waals surface area contributed by atoms with E-state index >= 15 is 0 Å². The fourth-order valence-electron chi connectivity index (χ4n) is 2.03. The molecule has 1 rings (SSSR count). The highest BCUT2D eigenvalue weighted by atomic mass is 32.2. The topological polar surface area (TPSA) is 92.9 Å². The number of aliphatic carboxylic acids is 1. The summed E-state index contributed by atoms with van der Waals surface area (Å²) in [6.45, 7) is 0.305. The minimum atomic E-state index is -1.00. The monoisotopic (exact) mass is 276 g/mol. The van der Waals surface area contributed by atoms with E-state index in [0.717, 1.165) is 5.75 Å². The van der Waals surface area contributed by atoms with Gasteiger partial charge < -0.3 is 20.5 Å². The second kappa shape index (κ2) is 6.96. The van der Waals surface area contributed by atoms with Crippen molar-refractivity contribution in [1.29, 1.82) is 0 Å². The van der Waals surface area contributed by atoms with Gasteiger partial charge in [0.25, 0.3) is 0 Å². The molecule has 1 heterocycles. The summed E-state index contributed by atoms with van der Waals surface area (Å²) in [5, 5.41) is 9.11. The standard InChI is InChI=1S/C11H20N2O4S/c1-17-7-5-9(11(15)16)13(6-7)10(14)8(12)3-4-18-2/h7-9H,3-6,12H2,1-2H3,(H,15,16)/t7?,8-,9?/m1/s1. The minimum Gasteiger partial charge on any atom is -0.480 e. The molecule has 104 valence electrons. The van der Waals surface area contributed by atoms with E-state index in [1.54, 1.807) is 11.8 Å². The predicted molar refractivity (Wildman–Crippen MR) is 69.5 cm³/mol. The molecule has 1 amide bonds. The van der Waals surface area contributed by atoms with E-state index < -0.39 is 18.1 Å². The molecule has 1 aliphatic rings. The number of nitrogens with two attached hydrogens (primary N) is 1. The normalized spacial score (nSPS) is 25.2. The molecule has 6 nitrogen and oxygen atoms in total. The Labute approximate surface area is 111 Å². The molecule has 0 aromatic rings. The number of hydrogen-bond donors (Lipinski definition) is 2. The summed E-state index contributed by atoms with van der Waals surface area (Å²) in [7, 11) is 1.52. The lowest BCUT2D eigenvalue weighted by Crippen LogP contribution is -2.48. The van der Waals surface area contributed by atoms with Crippen LogP contribution in [-0.4, -0.2) is 65.7 Å². The molecular weight excluding hydrogens is 256 g/mol. The lowest BCUT2D eigenvalue weighted by molar-refractivity contribution is -0.148. The first-order valence-electron chi connectivity index (χ1n) is 5.81. The summed E-state index contributed by atoms with van der Waals surface area (Å²) < 4.78 is 5.13. The van der Waals surface area contributed by atoms with E-state index in [4.69, 9.17) is 15.6 Å². The number of methoxy groups -OCH3 is 1. The van der Waals surface area contributed by atoms with Gasteiger partial charge in [-0.15, -0.1) is 0 Å². The highest BCUT2D eigenvalue weighted by molar-refractivity contribution is 7.98. The van der Waals surface area contributed by atoms with Gasteiger partial charge >= 0.3 is 5.97 Å². The molecule has 0 radical (unpaired) electrons. The van der Waals surface area contributed by atoms with Crippen LogP contribution in [0.4, 0.5) is 0 Å². The van der Waals surface area contributed by atoms with Crippen LogP contribution in [0, 0.1) is 0 Å². The molecule has 3 N–H and O–H groups in total. The number of carboxylic acids is 1. The Kier molecular flexibility index (Phi) is 5.90. The van der Waals surface area contributed by atoms with Gasteiger partial charge in [-0.05, 0) is 18.4 Å². The third kappa shape index (κ3) is 3.60. The molecule has 18 heavy (non-hydrogen) atoms. The molecule has 1 fully saturated rings. The molecule has 0 saturated carbocycles. The van der Waals surface area contributed by atoms with Crippen LogP contribution in [0.25, 0.3) is 0 Å². The quantitative estimate of drug-likeness (QED) is 0.696. The van der Waals surface area contributed by atoms with Crippen LogP contribution in [-0.2, 0) is 14.3 Å². The lowest BCUT2D eigenvalue weighted by atomic mass is 10.1. The maximum Gasteiger partial charge on any atom is 0.326 e. The van der Waals surface area contributed by atoms with Crippen molar-refractivity contribution in [2.45, 2.75) is 31.0 Å². The number of hydrogen-bond acceptors (Lipinski definition) is 5. The van der Waals surface area contributed by atoms with Crippen molar-refractivity contribution in [2.75, 3.05) is 25.7 Å². The molecule has 0 aromatic heterocycles. The Morgan fingerprint density at radius 1 is 1.61 bits per heavy atom. The van der Waals surface area contributed by atoms with Crippen LogP contribution in [0.15, 0.2) is 0 Å². The molecule has 0 aromatic carbocycles.